The van der Waals surface area contributed by atoms with E-state index in [0.717, 1.165) is 45.6 Å². The lowest BCUT2D eigenvalue weighted by Crippen LogP contribution is -2.39. The SMILES string of the molecule is [C-]#[N+]C1C2=C(C[C@H](C)CC2)SC1NC(=O)CSc1nc2ccccc2s1.[C-]#[N+]c1c(SCC(=O)c2cccc([N+](=O)[O-])c2)[nH+]c(N)c(C#N)c1SC. The summed E-state index contributed by atoms with van der Waals surface area (Å²) in [4.78, 5) is 51.4. The number of anilines is 1. The van der Waals surface area contributed by atoms with E-state index in [0.29, 0.717) is 21.6 Å². The number of aromatic nitrogens is 2. The second-order valence-electron chi connectivity index (χ2n) is 11.6. The number of benzene rings is 2. The van der Waals surface area contributed by atoms with Crippen LogP contribution in [-0.2, 0) is 4.79 Å². The van der Waals surface area contributed by atoms with Crippen LogP contribution >= 0.6 is 58.4 Å². The summed E-state index contributed by atoms with van der Waals surface area (Å²) in [5.41, 5.74) is 8.54. The van der Waals surface area contributed by atoms with E-state index in [1.54, 1.807) is 29.4 Å². The molecular weight excluding hydrogens is 757 g/mol. The molecule has 0 fully saturated rings. The van der Waals surface area contributed by atoms with E-state index in [1.165, 1.54) is 58.3 Å². The fraction of sp³-hybridized carbons (Fsp3) is 0.286. The Labute approximate surface area is 321 Å². The Bertz CT molecular complexity index is 2170. The van der Waals surface area contributed by atoms with E-state index in [9.17, 15) is 25.0 Å². The van der Waals surface area contributed by atoms with Gasteiger partial charge in [-0.25, -0.2) is 21.4 Å². The molecule has 1 aliphatic heterocycles. The number of hydrogen-bond donors (Lipinski definition) is 2. The Morgan fingerprint density at radius 1 is 1.21 bits per heavy atom. The number of nitriles is 1. The molecule has 6 rings (SSSR count). The summed E-state index contributed by atoms with van der Waals surface area (Å²) >= 11 is 7.06. The Morgan fingerprint density at radius 3 is 2.69 bits per heavy atom. The van der Waals surface area contributed by atoms with E-state index in [4.69, 9.17) is 18.9 Å². The van der Waals surface area contributed by atoms with Gasteiger partial charge in [0.25, 0.3) is 23.2 Å². The van der Waals surface area contributed by atoms with Crippen LogP contribution in [0.15, 0.2) is 73.3 Å². The predicted octanol–water partition coefficient (Wildman–Crippen LogP) is 8.05. The first-order valence-corrected chi connectivity index (χ1v) is 20.6. The number of allylic oxidation sites excluding steroid dienone is 1. The molecular formula is C35H31N8O4S5+. The van der Waals surface area contributed by atoms with Gasteiger partial charge in [-0.1, -0.05) is 66.5 Å². The van der Waals surface area contributed by atoms with E-state index in [-0.39, 0.29) is 57.2 Å². The number of carbonyl (C=O) groups excluding carboxylic acids is 2. The summed E-state index contributed by atoms with van der Waals surface area (Å²) in [7, 11) is 0. The van der Waals surface area contributed by atoms with Gasteiger partial charge in [0, 0.05) is 28.2 Å². The molecule has 0 radical (unpaired) electrons. The summed E-state index contributed by atoms with van der Waals surface area (Å²) in [5.74, 6) is 0.748. The van der Waals surface area contributed by atoms with Crippen LogP contribution in [-0.4, -0.2) is 50.8 Å². The summed E-state index contributed by atoms with van der Waals surface area (Å²) in [6.45, 7) is 17.2. The van der Waals surface area contributed by atoms with Crippen molar-refractivity contribution in [2.24, 2.45) is 5.92 Å². The minimum absolute atomic E-state index is 0.0201. The van der Waals surface area contributed by atoms with Gasteiger partial charge < -0.3 is 10.2 Å². The van der Waals surface area contributed by atoms with Crippen LogP contribution in [0.1, 0.15) is 42.1 Å². The van der Waals surface area contributed by atoms with Crippen molar-refractivity contribution >= 4 is 97.5 Å². The number of nitrogens with zero attached hydrogens (tertiary/aromatic N) is 5. The van der Waals surface area contributed by atoms with Gasteiger partial charge in [-0.2, -0.15) is 5.26 Å². The average Bonchev–Trinajstić information content (AvgIpc) is 3.72. The largest absolute Gasteiger partial charge is 0.336 e. The minimum Gasteiger partial charge on any atom is -0.336 e. The Balaban J connectivity index is 0.000000201. The molecule has 2 aromatic heterocycles. The number of rotatable bonds is 10. The summed E-state index contributed by atoms with van der Waals surface area (Å²) in [6, 6.07) is 15.2. The van der Waals surface area contributed by atoms with Gasteiger partial charge in [0.1, 0.15) is 11.6 Å². The van der Waals surface area contributed by atoms with Crippen molar-refractivity contribution in [3.63, 3.8) is 0 Å². The number of non-ortho nitro benzene ring substituents is 1. The number of nitrogens with two attached hydrogens (primary N) is 1. The molecule has 17 heteroatoms. The Hall–Kier alpha value is -4.57. The second-order valence-corrected chi connectivity index (χ2v) is 16.9. The average molecular weight is 788 g/mol. The zero-order valence-corrected chi connectivity index (χ0v) is 32.0. The van der Waals surface area contributed by atoms with Crippen LogP contribution in [0.4, 0.5) is 17.2 Å². The summed E-state index contributed by atoms with van der Waals surface area (Å²) in [5, 5.41) is 23.3. The minimum atomic E-state index is -0.569. The number of aromatic amines is 1. The molecule has 0 saturated carbocycles. The first-order chi connectivity index (χ1) is 25.1. The lowest BCUT2D eigenvalue weighted by atomic mass is 9.88. The van der Waals surface area contributed by atoms with Crippen LogP contribution < -0.4 is 16.0 Å². The number of hydrogen-bond acceptors (Lipinski definition) is 12. The van der Waals surface area contributed by atoms with Crippen molar-refractivity contribution < 1.29 is 19.5 Å². The molecule has 0 spiro atoms. The fourth-order valence-corrected chi connectivity index (χ4v) is 10.7. The highest BCUT2D eigenvalue weighted by atomic mass is 32.2. The number of Topliss-reactive ketones (excluding diaryl/α,β-unsaturated/α-hetero) is 1. The van der Waals surface area contributed by atoms with Crippen molar-refractivity contribution in [3.8, 4) is 6.07 Å². The third-order valence-electron chi connectivity index (χ3n) is 8.08. The maximum absolute atomic E-state index is 12.4. The van der Waals surface area contributed by atoms with E-state index >= 15 is 0 Å². The Kier molecular flexibility index (Phi) is 13.2. The molecule has 2 aliphatic rings. The smallest absolute Gasteiger partial charge is 0.287 e. The molecule has 4 aromatic rings. The molecule has 4 N–H and O–H groups in total. The monoisotopic (exact) mass is 787 g/mol. The molecule has 3 atom stereocenters. The van der Waals surface area contributed by atoms with Gasteiger partial charge >= 0.3 is 0 Å². The van der Waals surface area contributed by atoms with E-state index in [2.05, 4.69) is 31.9 Å². The number of carbonyl (C=O) groups is 2. The van der Waals surface area contributed by atoms with E-state index < -0.39 is 4.92 Å². The van der Waals surface area contributed by atoms with Gasteiger partial charge in [0.2, 0.25) is 5.91 Å². The van der Waals surface area contributed by atoms with Gasteiger partial charge in [-0.05, 0) is 48.5 Å². The number of fused-ring (bicyclic) bond motifs is 1. The molecule has 2 unspecified atom stereocenters. The van der Waals surface area contributed by atoms with Crippen LogP contribution in [0.5, 0.6) is 0 Å². The van der Waals surface area contributed by atoms with Gasteiger partial charge in [0.15, 0.2) is 20.5 Å². The van der Waals surface area contributed by atoms with Crippen LogP contribution in [0, 0.1) is 40.5 Å². The van der Waals surface area contributed by atoms with Gasteiger partial charge in [0.05, 0.1) is 33.2 Å². The number of nitro benzene ring substituents is 1. The normalized spacial score (nSPS) is 17.6. The predicted molar refractivity (Wildman–Crippen MR) is 209 cm³/mol. The first kappa shape index (κ1) is 38.7. The van der Waals surface area contributed by atoms with Gasteiger partial charge in [-0.15, -0.1) is 23.1 Å². The second kappa shape index (κ2) is 17.8. The van der Waals surface area contributed by atoms with Crippen LogP contribution in [0.25, 0.3) is 19.9 Å². The third kappa shape index (κ3) is 9.07. The first-order valence-electron chi connectivity index (χ1n) is 15.7. The standard InChI is InChI=1S/C19H19N3OS3.C16H11N5O3S2/c1-11-7-8-12-15(9-11)25-18(17(12)20-2)22-16(23)10-24-19-21-13-5-3-4-6-14(13)26-19;1-19-13-14(25-2)11(7-17)15(18)20-16(13)26-8-12(22)9-4-3-5-10(6-9)21(23)24/h3-6,11,17-18H,7-10H2,1H3,(H,22,23);3-6H,8H2,2H3,(H2,18,20)/p+1/t11-,17?,18?;/m1./s1. The molecule has 3 heterocycles. The quantitative estimate of drug-likeness (QED) is 0.0523. The van der Waals surface area contributed by atoms with Crippen LogP contribution in [0.3, 0.4) is 0 Å². The molecule has 2 aromatic carbocycles. The topological polar surface area (TPSA) is 175 Å². The van der Waals surface area contributed by atoms with E-state index in [1.807, 2.05) is 30.3 Å². The molecule has 0 saturated heterocycles. The zero-order valence-electron chi connectivity index (χ0n) is 27.9. The highest BCUT2D eigenvalue weighted by Crippen LogP contribution is 2.47. The number of nitrogen functional groups attached to an aromatic ring is 1. The fourth-order valence-electron chi connectivity index (χ4n) is 5.54. The molecule has 12 nitrogen and oxygen atoms in total. The van der Waals surface area contributed by atoms with Crippen molar-refractivity contribution in [2.75, 3.05) is 23.5 Å². The number of thioether (sulfide) groups is 4. The third-order valence-corrected chi connectivity index (χ3v) is 13.4. The number of nitro groups is 1. The number of H-pyrrole nitrogens is 1. The molecule has 0 bridgehead atoms. The highest BCUT2D eigenvalue weighted by molar-refractivity contribution is 8.04. The highest BCUT2D eigenvalue weighted by Gasteiger charge is 2.43. The molecule has 1 aliphatic carbocycles. The maximum Gasteiger partial charge on any atom is 0.287 e. The number of para-hydroxylation sites is 1. The lowest BCUT2D eigenvalue weighted by Gasteiger charge is -2.18. The van der Waals surface area contributed by atoms with Crippen molar-refractivity contribution in [1.29, 1.82) is 5.26 Å². The molecule has 52 heavy (non-hydrogen) atoms. The summed E-state index contributed by atoms with van der Waals surface area (Å²) < 4.78 is 2.05. The van der Waals surface area contributed by atoms with Crippen LogP contribution in [0.2, 0.25) is 0 Å². The number of pyridine rings is 1. The maximum atomic E-state index is 12.4. The summed E-state index contributed by atoms with van der Waals surface area (Å²) in [6.07, 6.45) is 4.94. The molecule has 264 valence electrons. The van der Waals surface area contributed by atoms with Crippen molar-refractivity contribution in [1.82, 2.24) is 10.3 Å². The number of amides is 1. The Morgan fingerprint density at radius 2 is 2.00 bits per heavy atom. The number of ketones is 1. The molecule has 1 amide bonds. The number of thiazole rings is 1. The van der Waals surface area contributed by atoms with Gasteiger partial charge in [-0.3, -0.25) is 25.4 Å². The zero-order chi connectivity index (χ0) is 37.4. The lowest BCUT2D eigenvalue weighted by molar-refractivity contribution is -0.408. The van der Waals surface area contributed by atoms with Crippen molar-refractivity contribution in [3.05, 3.63) is 103 Å². The van der Waals surface area contributed by atoms with Crippen molar-refractivity contribution in [2.45, 2.75) is 51.9 Å². The number of nitrogens with one attached hydrogen (secondary N) is 2.